The first-order valence-electron chi connectivity index (χ1n) is 6.42. The molecule has 0 unspecified atom stereocenters. The Kier molecular flexibility index (Phi) is 4.89. The van der Waals surface area contributed by atoms with Crippen LogP contribution >= 0.6 is 27.5 Å². The maximum atomic E-state index is 12.1. The van der Waals surface area contributed by atoms with Crippen LogP contribution in [0, 0.1) is 0 Å². The molecule has 0 aliphatic rings. The second-order valence-corrected chi connectivity index (χ2v) is 5.42. The lowest BCUT2D eigenvalue weighted by Crippen LogP contribution is -2.06. The van der Waals surface area contributed by atoms with Crippen molar-refractivity contribution in [2.75, 3.05) is 6.61 Å². The molecular weight excluding hydrogens is 342 g/mol. The van der Waals surface area contributed by atoms with Crippen LogP contribution in [0.5, 0.6) is 0 Å². The number of aromatic amines is 1. The van der Waals surface area contributed by atoms with Crippen LogP contribution in [0.3, 0.4) is 0 Å². The topological polar surface area (TPSA) is 42.1 Å². The molecule has 3 nitrogen and oxygen atoms in total. The van der Waals surface area contributed by atoms with E-state index in [0.717, 1.165) is 27.7 Å². The van der Waals surface area contributed by atoms with E-state index in [9.17, 15) is 4.79 Å². The van der Waals surface area contributed by atoms with Crippen molar-refractivity contribution in [1.82, 2.24) is 4.98 Å². The van der Waals surface area contributed by atoms with Crippen molar-refractivity contribution < 1.29 is 9.53 Å². The van der Waals surface area contributed by atoms with Gasteiger partial charge in [0.05, 0.1) is 11.2 Å². The van der Waals surface area contributed by atoms with E-state index in [-0.39, 0.29) is 5.97 Å². The SMILES string of the molecule is CCOC(=O)c1[nH]c(Br)c(CC)c1-c1ccccc1Cl. The maximum absolute atomic E-state index is 12.1. The van der Waals surface area contributed by atoms with E-state index in [2.05, 4.69) is 20.9 Å². The van der Waals surface area contributed by atoms with Crippen molar-refractivity contribution in [3.8, 4) is 11.1 Å². The number of nitrogens with one attached hydrogen (secondary N) is 1. The van der Waals surface area contributed by atoms with Crippen molar-refractivity contribution in [3.63, 3.8) is 0 Å². The molecule has 1 heterocycles. The lowest BCUT2D eigenvalue weighted by molar-refractivity contribution is 0.0521. The Hall–Kier alpha value is -1.26. The van der Waals surface area contributed by atoms with Crippen LogP contribution < -0.4 is 0 Å². The standard InChI is InChI=1S/C15H15BrClNO2/c1-3-9-12(10-7-5-6-8-11(10)17)13(18-14(9)16)15(19)20-4-2/h5-8,18H,3-4H2,1-2H3. The van der Waals surface area contributed by atoms with Gasteiger partial charge in [-0.15, -0.1) is 0 Å². The zero-order valence-electron chi connectivity index (χ0n) is 11.3. The van der Waals surface area contributed by atoms with Crippen LogP contribution in [0.15, 0.2) is 28.9 Å². The third-order valence-electron chi connectivity index (χ3n) is 3.03. The highest BCUT2D eigenvalue weighted by molar-refractivity contribution is 9.10. The lowest BCUT2D eigenvalue weighted by Gasteiger charge is -2.08. The van der Waals surface area contributed by atoms with Gasteiger partial charge in [0.2, 0.25) is 0 Å². The Balaban J connectivity index is 2.66. The molecule has 106 valence electrons. The summed E-state index contributed by atoms with van der Waals surface area (Å²) >= 11 is 9.73. The number of rotatable bonds is 4. The first-order chi connectivity index (χ1) is 9.60. The van der Waals surface area contributed by atoms with Gasteiger partial charge >= 0.3 is 5.97 Å². The van der Waals surface area contributed by atoms with Gasteiger partial charge in [0.1, 0.15) is 5.69 Å². The largest absolute Gasteiger partial charge is 0.461 e. The number of benzene rings is 1. The summed E-state index contributed by atoms with van der Waals surface area (Å²) in [6, 6.07) is 7.48. The third-order valence-corrected chi connectivity index (χ3v) is 4.03. The summed E-state index contributed by atoms with van der Waals surface area (Å²) in [5, 5.41) is 0.610. The summed E-state index contributed by atoms with van der Waals surface area (Å²) < 4.78 is 5.90. The Morgan fingerprint density at radius 2 is 2.05 bits per heavy atom. The summed E-state index contributed by atoms with van der Waals surface area (Å²) in [6.45, 7) is 4.15. The first kappa shape index (κ1) is 15.1. The fourth-order valence-electron chi connectivity index (χ4n) is 2.16. The highest BCUT2D eigenvalue weighted by atomic mass is 79.9. The normalized spacial score (nSPS) is 10.6. The highest BCUT2D eigenvalue weighted by Crippen LogP contribution is 2.37. The Bertz CT molecular complexity index is 637. The molecule has 2 aromatic rings. The number of aromatic nitrogens is 1. The van der Waals surface area contributed by atoms with Gasteiger partial charge in [0.15, 0.2) is 0 Å². The summed E-state index contributed by atoms with van der Waals surface area (Å²) in [5.74, 6) is -0.372. The van der Waals surface area contributed by atoms with E-state index in [0.29, 0.717) is 17.3 Å². The van der Waals surface area contributed by atoms with E-state index in [1.54, 1.807) is 6.92 Å². The Labute approximate surface area is 131 Å². The molecule has 5 heteroatoms. The van der Waals surface area contributed by atoms with Gasteiger partial charge in [-0.05, 0) is 40.9 Å². The lowest BCUT2D eigenvalue weighted by atomic mass is 10.00. The molecule has 0 atom stereocenters. The summed E-state index contributed by atoms with van der Waals surface area (Å²) in [6.07, 6.45) is 0.775. The predicted molar refractivity (Wildman–Crippen MR) is 84.3 cm³/mol. The van der Waals surface area contributed by atoms with Crippen molar-refractivity contribution >= 4 is 33.5 Å². The van der Waals surface area contributed by atoms with Gasteiger partial charge in [0.25, 0.3) is 0 Å². The molecule has 1 aromatic carbocycles. The zero-order chi connectivity index (χ0) is 14.7. The van der Waals surface area contributed by atoms with Gasteiger partial charge in [-0.1, -0.05) is 36.7 Å². The smallest absolute Gasteiger partial charge is 0.355 e. The quantitative estimate of drug-likeness (QED) is 0.797. The molecule has 0 amide bonds. The van der Waals surface area contributed by atoms with Crippen LogP contribution in [0.4, 0.5) is 0 Å². The first-order valence-corrected chi connectivity index (χ1v) is 7.59. The van der Waals surface area contributed by atoms with Crippen LogP contribution in [0.1, 0.15) is 29.9 Å². The molecule has 1 N–H and O–H groups in total. The zero-order valence-corrected chi connectivity index (χ0v) is 13.6. The van der Waals surface area contributed by atoms with Gasteiger partial charge in [-0.2, -0.15) is 0 Å². The minimum Gasteiger partial charge on any atom is -0.461 e. The van der Waals surface area contributed by atoms with Crippen LogP contribution in [-0.2, 0) is 11.2 Å². The average Bonchev–Trinajstić information content (AvgIpc) is 2.76. The molecule has 0 saturated carbocycles. The summed E-state index contributed by atoms with van der Waals surface area (Å²) in [4.78, 5) is 15.2. The van der Waals surface area contributed by atoms with Crippen molar-refractivity contribution in [1.29, 1.82) is 0 Å². The number of carbonyl (C=O) groups excluding carboxylic acids is 1. The molecule has 0 aliphatic heterocycles. The number of carbonyl (C=O) groups is 1. The van der Waals surface area contributed by atoms with E-state index < -0.39 is 0 Å². The van der Waals surface area contributed by atoms with E-state index in [1.165, 1.54) is 0 Å². The van der Waals surface area contributed by atoms with Gasteiger partial charge < -0.3 is 9.72 Å². The molecular formula is C15H15BrClNO2. The maximum Gasteiger partial charge on any atom is 0.355 e. The van der Waals surface area contributed by atoms with E-state index in [4.69, 9.17) is 16.3 Å². The minimum atomic E-state index is -0.372. The second-order valence-electron chi connectivity index (χ2n) is 4.22. The molecule has 0 radical (unpaired) electrons. The number of H-pyrrole nitrogens is 1. The minimum absolute atomic E-state index is 0.332. The predicted octanol–water partition coefficient (Wildman–Crippen LogP) is 4.84. The molecule has 0 aliphatic carbocycles. The second kappa shape index (κ2) is 6.46. The van der Waals surface area contributed by atoms with Crippen molar-refractivity contribution in [2.24, 2.45) is 0 Å². The monoisotopic (exact) mass is 355 g/mol. The van der Waals surface area contributed by atoms with Crippen molar-refractivity contribution in [2.45, 2.75) is 20.3 Å². The summed E-state index contributed by atoms with van der Waals surface area (Å²) in [7, 11) is 0. The number of ether oxygens (including phenoxy) is 1. The fraction of sp³-hybridized carbons (Fsp3) is 0.267. The average molecular weight is 357 g/mol. The molecule has 1 aromatic heterocycles. The number of esters is 1. The third kappa shape index (κ3) is 2.76. The fourth-order valence-corrected chi connectivity index (χ4v) is 3.06. The van der Waals surface area contributed by atoms with Crippen LogP contribution in [0.2, 0.25) is 5.02 Å². The van der Waals surface area contributed by atoms with Crippen molar-refractivity contribution in [3.05, 3.63) is 45.1 Å². The number of hydrogen-bond donors (Lipinski definition) is 1. The molecule has 0 bridgehead atoms. The Morgan fingerprint density at radius 3 is 2.65 bits per heavy atom. The van der Waals surface area contributed by atoms with Gasteiger partial charge in [-0.25, -0.2) is 4.79 Å². The van der Waals surface area contributed by atoms with E-state index in [1.807, 2.05) is 31.2 Å². The van der Waals surface area contributed by atoms with Gasteiger partial charge in [-0.3, -0.25) is 0 Å². The molecule has 20 heavy (non-hydrogen) atoms. The number of halogens is 2. The van der Waals surface area contributed by atoms with Crippen LogP contribution in [0.25, 0.3) is 11.1 Å². The molecule has 2 rings (SSSR count). The van der Waals surface area contributed by atoms with E-state index >= 15 is 0 Å². The highest BCUT2D eigenvalue weighted by Gasteiger charge is 2.23. The Morgan fingerprint density at radius 1 is 1.35 bits per heavy atom. The summed E-state index contributed by atoms with van der Waals surface area (Å²) in [5.41, 5.74) is 3.09. The molecule has 0 spiro atoms. The van der Waals surface area contributed by atoms with Crippen LogP contribution in [-0.4, -0.2) is 17.6 Å². The molecule has 0 saturated heterocycles. The number of hydrogen-bond acceptors (Lipinski definition) is 2. The molecule has 0 fully saturated rings. The van der Waals surface area contributed by atoms with Gasteiger partial charge in [0, 0.05) is 16.1 Å².